The number of rotatable bonds is 4. The van der Waals surface area contributed by atoms with Gasteiger partial charge in [0, 0.05) is 42.4 Å². The van der Waals surface area contributed by atoms with Crippen LogP contribution < -0.4 is 0 Å². The molecule has 4 heteroatoms. The van der Waals surface area contributed by atoms with Crippen LogP contribution in [-0.2, 0) is 6.42 Å². The molecule has 0 spiro atoms. The van der Waals surface area contributed by atoms with Crippen LogP contribution in [0.25, 0.3) is 0 Å². The third kappa shape index (κ3) is 3.61. The second kappa shape index (κ2) is 6.57. The number of hydrogen-bond acceptors (Lipinski definition) is 3. The summed E-state index contributed by atoms with van der Waals surface area (Å²) in [5.41, 5.74) is 2.67. The smallest absolute Gasteiger partial charge is 0.253 e. The molecule has 2 aromatic rings. The highest BCUT2D eigenvalue weighted by Crippen LogP contribution is 2.15. The van der Waals surface area contributed by atoms with Gasteiger partial charge in [0.05, 0.1) is 0 Å². The topological polar surface area (TPSA) is 33.2 Å². The first-order valence-corrected chi connectivity index (χ1v) is 6.97. The quantitative estimate of drug-likeness (QED) is 0.877. The second-order valence-electron chi connectivity index (χ2n) is 4.80. The van der Waals surface area contributed by atoms with Gasteiger partial charge in [-0.2, -0.15) is 0 Å². The number of carbonyl (C=O) groups excluding carboxylic acids is 1. The number of benzene rings is 1. The molecule has 0 N–H and O–H groups in total. The van der Waals surface area contributed by atoms with Gasteiger partial charge in [0.1, 0.15) is 0 Å². The first-order valence-electron chi connectivity index (χ1n) is 6.53. The highest BCUT2D eigenvalue weighted by atomic mass is 32.1. The summed E-state index contributed by atoms with van der Waals surface area (Å²) in [5.74, 6) is 0.0225. The van der Waals surface area contributed by atoms with Crippen molar-refractivity contribution >= 4 is 18.5 Å². The SMILES string of the molecule is Cc1ccc(S)cc1C(=O)N(C)CCc1ccccn1. The Hall–Kier alpha value is -1.81. The molecule has 1 aromatic heterocycles. The van der Waals surface area contributed by atoms with Crippen molar-refractivity contribution in [2.24, 2.45) is 0 Å². The molecule has 0 saturated heterocycles. The van der Waals surface area contributed by atoms with E-state index < -0.39 is 0 Å². The maximum absolute atomic E-state index is 12.4. The largest absolute Gasteiger partial charge is 0.341 e. The van der Waals surface area contributed by atoms with Gasteiger partial charge in [-0.3, -0.25) is 9.78 Å². The summed E-state index contributed by atoms with van der Waals surface area (Å²) in [7, 11) is 1.82. The van der Waals surface area contributed by atoms with E-state index in [0.29, 0.717) is 12.1 Å². The summed E-state index contributed by atoms with van der Waals surface area (Å²) < 4.78 is 0. The summed E-state index contributed by atoms with van der Waals surface area (Å²) in [4.78, 5) is 19.2. The summed E-state index contributed by atoms with van der Waals surface area (Å²) >= 11 is 4.29. The first kappa shape index (κ1) is 14.6. The van der Waals surface area contributed by atoms with Gasteiger partial charge in [-0.05, 0) is 36.8 Å². The van der Waals surface area contributed by atoms with E-state index in [1.807, 2.05) is 50.4 Å². The van der Waals surface area contributed by atoms with E-state index in [9.17, 15) is 4.79 Å². The number of nitrogens with zero attached hydrogens (tertiary/aromatic N) is 2. The average molecular weight is 286 g/mol. The van der Waals surface area contributed by atoms with E-state index in [4.69, 9.17) is 0 Å². The van der Waals surface area contributed by atoms with Crippen LogP contribution in [0.3, 0.4) is 0 Å². The number of amides is 1. The molecule has 0 unspecified atom stereocenters. The predicted octanol–water partition coefficient (Wildman–Crippen LogP) is 2.99. The number of likely N-dealkylation sites (N-methyl/N-ethyl adjacent to an activating group) is 1. The van der Waals surface area contributed by atoms with Gasteiger partial charge in [0.15, 0.2) is 0 Å². The van der Waals surface area contributed by atoms with Crippen LogP contribution >= 0.6 is 12.6 Å². The first-order chi connectivity index (χ1) is 9.58. The second-order valence-corrected chi connectivity index (χ2v) is 5.31. The number of aromatic nitrogens is 1. The Balaban J connectivity index is 2.03. The normalized spacial score (nSPS) is 10.3. The molecule has 3 nitrogen and oxygen atoms in total. The van der Waals surface area contributed by atoms with Gasteiger partial charge >= 0.3 is 0 Å². The van der Waals surface area contributed by atoms with Crippen LogP contribution in [0.15, 0.2) is 47.5 Å². The molecule has 1 amide bonds. The Bertz CT molecular complexity index is 599. The van der Waals surface area contributed by atoms with E-state index >= 15 is 0 Å². The standard InChI is InChI=1S/C16H18N2OS/c1-12-6-7-14(20)11-15(12)16(19)18(2)10-8-13-5-3-4-9-17-13/h3-7,9,11,20H,8,10H2,1-2H3. The van der Waals surface area contributed by atoms with Crippen LogP contribution in [0.4, 0.5) is 0 Å². The summed E-state index contributed by atoms with van der Waals surface area (Å²) in [6.45, 7) is 2.58. The van der Waals surface area contributed by atoms with Crippen molar-refractivity contribution < 1.29 is 4.79 Å². The minimum absolute atomic E-state index is 0.0225. The van der Waals surface area contributed by atoms with Crippen molar-refractivity contribution in [1.29, 1.82) is 0 Å². The molecule has 104 valence electrons. The Kier molecular flexibility index (Phi) is 4.79. The number of pyridine rings is 1. The number of aryl methyl sites for hydroxylation is 1. The zero-order chi connectivity index (χ0) is 14.5. The molecule has 0 aliphatic carbocycles. The average Bonchev–Trinajstić information content (AvgIpc) is 2.47. The maximum Gasteiger partial charge on any atom is 0.253 e. The lowest BCUT2D eigenvalue weighted by molar-refractivity contribution is 0.0795. The molecule has 0 radical (unpaired) electrons. The lowest BCUT2D eigenvalue weighted by Crippen LogP contribution is -2.29. The Morgan fingerprint density at radius 2 is 2.10 bits per heavy atom. The summed E-state index contributed by atoms with van der Waals surface area (Å²) in [6.07, 6.45) is 2.52. The van der Waals surface area contributed by atoms with E-state index in [-0.39, 0.29) is 5.91 Å². The molecule has 0 aliphatic heterocycles. The van der Waals surface area contributed by atoms with E-state index in [1.54, 1.807) is 11.1 Å². The monoisotopic (exact) mass is 286 g/mol. The molecule has 0 atom stereocenters. The van der Waals surface area contributed by atoms with E-state index in [0.717, 1.165) is 22.6 Å². The predicted molar refractivity (Wildman–Crippen MR) is 83.3 cm³/mol. The molecule has 1 heterocycles. The Labute approximate surface area is 125 Å². The van der Waals surface area contributed by atoms with Gasteiger partial charge in [-0.15, -0.1) is 12.6 Å². The van der Waals surface area contributed by atoms with Crippen LogP contribution in [0, 0.1) is 6.92 Å². The van der Waals surface area contributed by atoms with Crippen molar-refractivity contribution in [3.8, 4) is 0 Å². The van der Waals surface area contributed by atoms with Crippen molar-refractivity contribution in [2.45, 2.75) is 18.2 Å². The van der Waals surface area contributed by atoms with Crippen LogP contribution in [0.1, 0.15) is 21.6 Å². The molecule has 0 aliphatic rings. The van der Waals surface area contributed by atoms with Crippen molar-refractivity contribution in [3.05, 3.63) is 59.4 Å². The molecule has 1 aromatic carbocycles. The Morgan fingerprint density at radius 3 is 2.80 bits per heavy atom. The fraction of sp³-hybridized carbons (Fsp3) is 0.250. The van der Waals surface area contributed by atoms with E-state index in [2.05, 4.69) is 17.6 Å². The minimum Gasteiger partial charge on any atom is -0.341 e. The van der Waals surface area contributed by atoms with Crippen molar-refractivity contribution in [1.82, 2.24) is 9.88 Å². The third-order valence-corrected chi connectivity index (χ3v) is 3.51. The molecule has 0 bridgehead atoms. The lowest BCUT2D eigenvalue weighted by Gasteiger charge is -2.18. The third-order valence-electron chi connectivity index (χ3n) is 3.23. The highest BCUT2D eigenvalue weighted by molar-refractivity contribution is 7.80. The minimum atomic E-state index is 0.0225. The van der Waals surface area contributed by atoms with Crippen LogP contribution in [0.5, 0.6) is 0 Å². The lowest BCUT2D eigenvalue weighted by atomic mass is 10.1. The van der Waals surface area contributed by atoms with Crippen molar-refractivity contribution in [2.75, 3.05) is 13.6 Å². The van der Waals surface area contributed by atoms with Gasteiger partial charge in [0.2, 0.25) is 0 Å². The number of carbonyl (C=O) groups is 1. The molecular weight excluding hydrogens is 268 g/mol. The fourth-order valence-electron chi connectivity index (χ4n) is 1.98. The molecule has 20 heavy (non-hydrogen) atoms. The van der Waals surface area contributed by atoms with E-state index in [1.165, 1.54) is 0 Å². The van der Waals surface area contributed by atoms with Gasteiger partial charge in [-0.25, -0.2) is 0 Å². The van der Waals surface area contributed by atoms with Crippen molar-refractivity contribution in [3.63, 3.8) is 0 Å². The van der Waals surface area contributed by atoms with Gasteiger partial charge in [-0.1, -0.05) is 12.1 Å². The number of thiol groups is 1. The van der Waals surface area contributed by atoms with Crippen LogP contribution in [-0.4, -0.2) is 29.4 Å². The van der Waals surface area contributed by atoms with Crippen LogP contribution in [0.2, 0.25) is 0 Å². The number of hydrogen-bond donors (Lipinski definition) is 1. The zero-order valence-electron chi connectivity index (χ0n) is 11.7. The molecule has 0 saturated carbocycles. The summed E-state index contributed by atoms with van der Waals surface area (Å²) in [6, 6.07) is 11.4. The molecular formula is C16H18N2OS. The van der Waals surface area contributed by atoms with Gasteiger partial charge in [0.25, 0.3) is 5.91 Å². The van der Waals surface area contributed by atoms with Gasteiger partial charge < -0.3 is 4.90 Å². The Morgan fingerprint density at radius 1 is 1.30 bits per heavy atom. The zero-order valence-corrected chi connectivity index (χ0v) is 12.6. The molecule has 0 fully saturated rings. The molecule has 2 rings (SSSR count). The maximum atomic E-state index is 12.4. The summed E-state index contributed by atoms with van der Waals surface area (Å²) in [5, 5.41) is 0. The highest BCUT2D eigenvalue weighted by Gasteiger charge is 2.14. The fourth-order valence-corrected chi connectivity index (χ4v) is 2.18.